The first-order valence-corrected chi connectivity index (χ1v) is 8.00. The van der Waals surface area contributed by atoms with Gasteiger partial charge in [0, 0.05) is 0 Å². The zero-order valence-electron chi connectivity index (χ0n) is 14.1. The molecule has 0 bridgehead atoms. The molecule has 0 N–H and O–H groups in total. The summed E-state index contributed by atoms with van der Waals surface area (Å²) in [6, 6.07) is 19.4. The van der Waals surface area contributed by atoms with Crippen molar-refractivity contribution >= 4 is 0 Å². The van der Waals surface area contributed by atoms with Gasteiger partial charge in [0.15, 0.2) is 0 Å². The molecule has 0 aromatic heterocycles. The molecule has 0 aliphatic carbocycles. The summed E-state index contributed by atoms with van der Waals surface area (Å²) in [4.78, 5) is 0. The normalized spacial score (nSPS) is 11.5. The first-order valence-electron chi connectivity index (χ1n) is 8.00. The zero-order valence-corrected chi connectivity index (χ0v) is 14.1. The lowest BCUT2D eigenvalue weighted by molar-refractivity contribution is 0.590. The second-order valence-corrected chi connectivity index (χ2v) is 7.06. The van der Waals surface area contributed by atoms with E-state index in [0.29, 0.717) is 0 Å². The van der Waals surface area contributed by atoms with E-state index >= 15 is 0 Å². The third-order valence-electron chi connectivity index (χ3n) is 4.15. The van der Waals surface area contributed by atoms with E-state index in [-0.39, 0.29) is 17.0 Å². The molecule has 0 aliphatic rings. The molecule has 0 radical (unpaired) electrons. The second kappa shape index (κ2) is 6.20. The van der Waals surface area contributed by atoms with Crippen molar-refractivity contribution in [2.45, 2.75) is 26.2 Å². The summed E-state index contributed by atoms with van der Waals surface area (Å²) in [6.45, 7) is 6.47. The van der Waals surface area contributed by atoms with Gasteiger partial charge in [0.2, 0.25) is 0 Å². The van der Waals surface area contributed by atoms with E-state index in [1.807, 2.05) is 0 Å². The number of rotatable bonds is 2. The van der Waals surface area contributed by atoms with Crippen molar-refractivity contribution in [3.05, 3.63) is 83.9 Å². The van der Waals surface area contributed by atoms with Crippen LogP contribution in [-0.4, -0.2) is 0 Å². The van der Waals surface area contributed by atoms with Crippen molar-refractivity contribution in [2.75, 3.05) is 0 Å². The highest BCUT2D eigenvalue weighted by Crippen LogP contribution is 2.33. The van der Waals surface area contributed by atoms with Crippen molar-refractivity contribution in [1.29, 1.82) is 0 Å². The van der Waals surface area contributed by atoms with Crippen LogP contribution in [0.1, 0.15) is 26.3 Å². The average molecular weight is 322 g/mol. The van der Waals surface area contributed by atoms with Gasteiger partial charge in [-0.3, -0.25) is 0 Å². The van der Waals surface area contributed by atoms with E-state index in [2.05, 4.69) is 39.0 Å². The molecule has 0 fully saturated rings. The van der Waals surface area contributed by atoms with Crippen molar-refractivity contribution in [1.82, 2.24) is 0 Å². The first-order chi connectivity index (χ1) is 11.3. The van der Waals surface area contributed by atoms with Crippen LogP contribution in [0, 0.1) is 11.6 Å². The summed E-state index contributed by atoms with van der Waals surface area (Å²) in [5.41, 5.74) is 5.15. The van der Waals surface area contributed by atoms with E-state index in [1.54, 1.807) is 24.3 Å². The SMILES string of the molecule is CC(C)(C)c1cc(-c2ccc(F)cc2)cc(-c2ccc(F)cc2)c1. The predicted octanol–water partition coefficient (Wildman–Crippen LogP) is 6.60. The molecule has 0 nitrogen and oxygen atoms in total. The van der Waals surface area contributed by atoms with Crippen molar-refractivity contribution in [3.8, 4) is 22.3 Å². The lowest BCUT2D eigenvalue weighted by Gasteiger charge is -2.21. The topological polar surface area (TPSA) is 0 Å². The van der Waals surface area contributed by atoms with Crippen LogP contribution in [0.15, 0.2) is 66.7 Å². The summed E-state index contributed by atoms with van der Waals surface area (Å²) < 4.78 is 26.4. The molecule has 0 atom stereocenters. The Kier molecular flexibility index (Phi) is 4.23. The third kappa shape index (κ3) is 3.53. The maximum Gasteiger partial charge on any atom is 0.123 e. The Morgan fingerprint density at radius 2 is 0.917 bits per heavy atom. The van der Waals surface area contributed by atoms with E-state index in [9.17, 15) is 8.78 Å². The summed E-state index contributed by atoms with van der Waals surface area (Å²) >= 11 is 0. The van der Waals surface area contributed by atoms with Crippen LogP contribution in [0.4, 0.5) is 8.78 Å². The zero-order chi connectivity index (χ0) is 17.3. The van der Waals surface area contributed by atoms with Crippen LogP contribution in [0.2, 0.25) is 0 Å². The molecule has 3 aromatic carbocycles. The van der Waals surface area contributed by atoms with Crippen molar-refractivity contribution in [3.63, 3.8) is 0 Å². The van der Waals surface area contributed by atoms with Crippen LogP contribution in [0.5, 0.6) is 0 Å². The quantitative estimate of drug-likeness (QED) is 0.499. The van der Waals surface area contributed by atoms with Gasteiger partial charge >= 0.3 is 0 Å². The fourth-order valence-electron chi connectivity index (χ4n) is 2.68. The number of benzene rings is 3. The minimum Gasteiger partial charge on any atom is -0.207 e. The monoisotopic (exact) mass is 322 g/mol. The Balaban J connectivity index is 2.17. The van der Waals surface area contributed by atoms with Crippen LogP contribution in [-0.2, 0) is 5.41 Å². The molecule has 0 amide bonds. The molecule has 2 heteroatoms. The predicted molar refractivity (Wildman–Crippen MR) is 95.9 cm³/mol. The van der Waals surface area contributed by atoms with Crippen LogP contribution in [0.3, 0.4) is 0 Å². The Bertz CT molecular complexity index is 775. The van der Waals surface area contributed by atoms with E-state index in [0.717, 1.165) is 22.3 Å². The van der Waals surface area contributed by atoms with E-state index in [4.69, 9.17) is 0 Å². The van der Waals surface area contributed by atoms with Gasteiger partial charge in [-0.2, -0.15) is 0 Å². The van der Waals surface area contributed by atoms with Gasteiger partial charge in [0.1, 0.15) is 11.6 Å². The molecule has 0 heterocycles. The smallest absolute Gasteiger partial charge is 0.123 e. The molecule has 0 saturated carbocycles. The van der Waals surface area contributed by atoms with Crippen molar-refractivity contribution < 1.29 is 8.78 Å². The summed E-state index contributed by atoms with van der Waals surface area (Å²) in [5, 5.41) is 0. The molecule has 24 heavy (non-hydrogen) atoms. The number of hydrogen-bond acceptors (Lipinski definition) is 0. The highest BCUT2D eigenvalue weighted by atomic mass is 19.1. The van der Waals surface area contributed by atoms with Gasteiger partial charge in [-0.05, 0) is 63.6 Å². The van der Waals surface area contributed by atoms with Gasteiger partial charge in [0.05, 0.1) is 0 Å². The molecular formula is C22H20F2. The fraction of sp³-hybridized carbons (Fsp3) is 0.182. The molecule has 3 aromatic rings. The van der Waals surface area contributed by atoms with E-state index in [1.165, 1.54) is 29.8 Å². The van der Waals surface area contributed by atoms with Gasteiger partial charge in [0.25, 0.3) is 0 Å². The average Bonchev–Trinajstić information content (AvgIpc) is 2.55. The Labute approximate surface area is 141 Å². The molecule has 0 saturated heterocycles. The van der Waals surface area contributed by atoms with E-state index < -0.39 is 0 Å². The minimum absolute atomic E-state index is 0.0230. The van der Waals surface area contributed by atoms with Crippen LogP contribution >= 0.6 is 0 Å². The van der Waals surface area contributed by atoms with Gasteiger partial charge < -0.3 is 0 Å². The van der Waals surface area contributed by atoms with Gasteiger partial charge in [-0.25, -0.2) is 8.78 Å². The highest BCUT2D eigenvalue weighted by molar-refractivity contribution is 5.74. The minimum atomic E-state index is -0.246. The molecule has 122 valence electrons. The lowest BCUT2D eigenvalue weighted by Crippen LogP contribution is -2.11. The van der Waals surface area contributed by atoms with Crippen molar-refractivity contribution in [2.24, 2.45) is 0 Å². The summed E-state index contributed by atoms with van der Waals surface area (Å²) in [5.74, 6) is -0.492. The van der Waals surface area contributed by atoms with Gasteiger partial charge in [-0.15, -0.1) is 0 Å². The summed E-state index contributed by atoms with van der Waals surface area (Å²) in [7, 11) is 0. The van der Waals surface area contributed by atoms with Crippen LogP contribution < -0.4 is 0 Å². The molecule has 0 spiro atoms. The lowest BCUT2D eigenvalue weighted by atomic mass is 9.83. The maximum atomic E-state index is 13.2. The van der Waals surface area contributed by atoms with Gasteiger partial charge in [-0.1, -0.05) is 57.2 Å². The first kappa shape index (κ1) is 16.4. The Morgan fingerprint density at radius 3 is 1.25 bits per heavy atom. The highest BCUT2D eigenvalue weighted by Gasteiger charge is 2.16. The number of halogens is 2. The maximum absolute atomic E-state index is 13.2. The molecular weight excluding hydrogens is 302 g/mol. The molecule has 3 rings (SSSR count). The third-order valence-corrected chi connectivity index (χ3v) is 4.15. The largest absolute Gasteiger partial charge is 0.207 e. The molecule has 0 aliphatic heterocycles. The fourth-order valence-corrected chi connectivity index (χ4v) is 2.68. The Hall–Kier alpha value is -2.48. The molecule has 0 unspecified atom stereocenters. The second-order valence-electron chi connectivity index (χ2n) is 7.06. The summed E-state index contributed by atoms with van der Waals surface area (Å²) in [6.07, 6.45) is 0. The van der Waals surface area contributed by atoms with Crippen LogP contribution in [0.25, 0.3) is 22.3 Å². The standard InChI is InChI=1S/C22H20F2/c1-22(2,3)19-13-17(15-4-8-20(23)9-5-15)12-18(14-19)16-6-10-21(24)11-7-16/h4-14H,1-3H3. The number of hydrogen-bond donors (Lipinski definition) is 0. The Morgan fingerprint density at radius 1 is 0.542 bits per heavy atom.